The van der Waals surface area contributed by atoms with Crippen LogP contribution in [0, 0.1) is 0 Å². The molecule has 0 radical (unpaired) electrons. The summed E-state index contributed by atoms with van der Waals surface area (Å²) in [5, 5.41) is 5.02. The van der Waals surface area contributed by atoms with Crippen molar-refractivity contribution in [1.82, 2.24) is 0 Å². The molecule has 30 heavy (non-hydrogen) atoms. The molecule has 0 N–H and O–H groups in total. The number of hydrogen-bond acceptors (Lipinski definition) is 2. The predicted molar refractivity (Wildman–Crippen MR) is 134 cm³/mol. The molecule has 0 aliphatic heterocycles. The van der Waals surface area contributed by atoms with Gasteiger partial charge in [0.25, 0.3) is 0 Å². The minimum absolute atomic E-state index is 0.596. The van der Waals surface area contributed by atoms with Gasteiger partial charge in [0.15, 0.2) is 0 Å². The van der Waals surface area contributed by atoms with Crippen molar-refractivity contribution in [1.29, 1.82) is 0 Å². The SMILES string of the molecule is ClCCN(CCN(CCCl)c1ccc2ccccc2c1)c1ccc2ccccc2c1. The monoisotopic (exact) mass is 436 g/mol. The fraction of sp³-hybridized carbons (Fsp3) is 0.231. The average Bonchev–Trinajstić information content (AvgIpc) is 2.80. The fourth-order valence-electron chi connectivity index (χ4n) is 3.93. The van der Waals surface area contributed by atoms with Crippen LogP contribution in [-0.4, -0.2) is 37.9 Å². The second kappa shape index (κ2) is 10.1. The Morgan fingerprint density at radius 3 is 1.27 bits per heavy atom. The average molecular weight is 437 g/mol. The summed E-state index contributed by atoms with van der Waals surface area (Å²) in [6, 6.07) is 30.2. The van der Waals surface area contributed by atoms with Crippen LogP contribution in [0.1, 0.15) is 0 Å². The summed E-state index contributed by atoms with van der Waals surface area (Å²) in [6.45, 7) is 3.39. The highest BCUT2D eigenvalue weighted by atomic mass is 35.5. The number of benzene rings is 4. The van der Waals surface area contributed by atoms with Crippen molar-refractivity contribution in [2.24, 2.45) is 0 Å². The van der Waals surface area contributed by atoms with Crippen molar-refractivity contribution >= 4 is 56.1 Å². The van der Waals surface area contributed by atoms with E-state index in [0.717, 1.165) is 26.2 Å². The van der Waals surface area contributed by atoms with Gasteiger partial charge in [0.05, 0.1) is 0 Å². The lowest BCUT2D eigenvalue weighted by Crippen LogP contribution is -2.37. The molecule has 0 saturated carbocycles. The minimum atomic E-state index is 0.596. The summed E-state index contributed by atoms with van der Waals surface area (Å²) in [6.07, 6.45) is 0. The Balaban J connectivity index is 1.55. The molecule has 0 spiro atoms. The van der Waals surface area contributed by atoms with E-state index in [1.54, 1.807) is 0 Å². The Morgan fingerprint density at radius 1 is 0.467 bits per heavy atom. The molecule has 154 valence electrons. The third-order valence-corrected chi connectivity index (χ3v) is 5.88. The van der Waals surface area contributed by atoms with Crippen LogP contribution in [0.2, 0.25) is 0 Å². The molecule has 0 aliphatic carbocycles. The van der Waals surface area contributed by atoms with E-state index in [-0.39, 0.29) is 0 Å². The van der Waals surface area contributed by atoms with Gasteiger partial charge in [-0.1, -0.05) is 60.7 Å². The molecule has 0 saturated heterocycles. The van der Waals surface area contributed by atoms with Crippen LogP contribution in [0.5, 0.6) is 0 Å². The normalized spacial score (nSPS) is 11.1. The summed E-state index contributed by atoms with van der Waals surface area (Å²) >= 11 is 12.3. The molecule has 0 aromatic heterocycles. The number of alkyl halides is 2. The van der Waals surface area contributed by atoms with Gasteiger partial charge in [0.1, 0.15) is 0 Å². The van der Waals surface area contributed by atoms with Crippen LogP contribution in [-0.2, 0) is 0 Å². The predicted octanol–water partition coefficient (Wildman–Crippen LogP) is 6.78. The van der Waals surface area contributed by atoms with Gasteiger partial charge in [0, 0.05) is 49.3 Å². The third-order valence-electron chi connectivity index (χ3n) is 5.55. The first-order valence-electron chi connectivity index (χ1n) is 10.4. The van der Waals surface area contributed by atoms with E-state index in [0.29, 0.717) is 11.8 Å². The van der Waals surface area contributed by atoms with Gasteiger partial charge in [0.2, 0.25) is 0 Å². The first-order valence-corrected chi connectivity index (χ1v) is 11.4. The van der Waals surface area contributed by atoms with Crippen molar-refractivity contribution in [2.45, 2.75) is 0 Å². The van der Waals surface area contributed by atoms with Crippen LogP contribution in [0.4, 0.5) is 11.4 Å². The Morgan fingerprint density at radius 2 is 0.867 bits per heavy atom. The van der Waals surface area contributed by atoms with Gasteiger partial charge in [-0.2, -0.15) is 0 Å². The lowest BCUT2D eigenvalue weighted by atomic mass is 10.1. The molecule has 0 amide bonds. The maximum atomic E-state index is 6.15. The molecule has 0 unspecified atom stereocenters. The van der Waals surface area contributed by atoms with Crippen LogP contribution < -0.4 is 9.80 Å². The molecule has 4 aromatic carbocycles. The van der Waals surface area contributed by atoms with Crippen LogP contribution in [0.15, 0.2) is 84.9 Å². The van der Waals surface area contributed by atoms with Gasteiger partial charge in [-0.3, -0.25) is 0 Å². The zero-order valence-electron chi connectivity index (χ0n) is 17.0. The standard InChI is InChI=1S/C26H26Cl2N2/c27-13-15-29(25-11-9-21-5-1-3-7-23(21)19-25)17-18-30(16-14-28)26-12-10-22-6-2-4-8-24(22)20-26/h1-12,19-20H,13-18H2. The van der Waals surface area contributed by atoms with Gasteiger partial charge >= 0.3 is 0 Å². The van der Waals surface area contributed by atoms with E-state index < -0.39 is 0 Å². The van der Waals surface area contributed by atoms with Crippen molar-refractivity contribution in [2.75, 3.05) is 47.7 Å². The summed E-state index contributed by atoms with van der Waals surface area (Å²) < 4.78 is 0. The van der Waals surface area contributed by atoms with Gasteiger partial charge in [-0.25, -0.2) is 0 Å². The summed E-state index contributed by atoms with van der Waals surface area (Å²) in [4.78, 5) is 4.73. The van der Waals surface area contributed by atoms with E-state index in [1.807, 2.05) is 0 Å². The zero-order chi connectivity index (χ0) is 20.8. The Hall–Kier alpha value is -2.42. The smallest absolute Gasteiger partial charge is 0.0399 e. The Kier molecular flexibility index (Phi) is 6.99. The molecule has 0 fully saturated rings. The van der Waals surface area contributed by atoms with Gasteiger partial charge < -0.3 is 9.80 Å². The molecule has 4 heteroatoms. The number of fused-ring (bicyclic) bond motifs is 2. The van der Waals surface area contributed by atoms with E-state index >= 15 is 0 Å². The molecule has 0 aliphatic rings. The molecular formula is C26H26Cl2N2. The lowest BCUT2D eigenvalue weighted by molar-refractivity contribution is 0.758. The van der Waals surface area contributed by atoms with Crippen LogP contribution in [0.3, 0.4) is 0 Å². The number of hydrogen-bond donors (Lipinski definition) is 0. The Labute approximate surface area is 188 Å². The molecule has 2 nitrogen and oxygen atoms in total. The van der Waals surface area contributed by atoms with Crippen molar-refractivity contribution < 1.29 is 0 Å². The molecular weight excluding hydrogens is 411 g/mol. The highest BCUT2D eigenvalue weighted by Gasteiger charge is 2.12. The molecule has 4 aromatic rings. The van der Waals surface area contributed by atoms with Crippen molar-refractivity contribution in [3.63, 3.8) is 0 Å². The highest BCUT2D eigenvalue weighted by molar-refractivity contribution is 6.18. The fourth-order valence-corrected chi connectivity index (χ4v) is 4.34. The summed E-state index contributed by atoms with van der Waals surface area (Å²) in [5.41, 5.74) is 2.41. The first kappa shape index (κ1) is 20.8. The molecule has 0 heterocycles. The largest absolute Gasteiger partial charge is 0.369 e. The zero-order valence-corrected chi connectivity index (χ0v) is 18.5. The van der Waals surface area contributed by atoms with Gasteiger partial charge in [-0.15, -0.1) is 23.2 Å². The summed E-state index contributed by atoms with van der Waals surface area (Å²) in [5.74, 6) is 1.19. The van der Waals surface area contributed by atoms with Crippen LogP contribution in [0.25, 0.3) is 21.5 Å². The second-order valence-corrected chi connectivity index (χ2v) is 8.17. The minimum Gasteiger partial charge on any atom is -0.369 e. The molecule has 4 rings (SSSR count). The van der Waals surface area contributed by atoms with E-state index in [4.69, 9.17) is 23.2 Å². The quantitative estimate of drug-likeness (QED) is 0.266. The van der Waals surface area contributed by atoms with Crippen molar-refractivity contribution in [3.8, 4) is 0 Å². The van der Waals surface area contributed by atoms with Crippen molar-refractivity contribution in [3.05, 3.63) is 84.9 Å². The molecule has 0 atom stereocenters. The topological polar surface area (TPSA) is 6.48 Å². The summed E-state index contributed by atoms with van der Waals surface area (Å²) in [7, 11) is 0. The Bertz CT molecular complexity index is 1020. The maximum Gasteiger partial charge on any atom is 0.0399 e. The highest BCUT2D eigenvalue weighted by Crippen LogP contribution is 2.24. The number of anilines is 2. The number of halogens is 2. The number of rotatable bonds is 9. The molecule has 0 bridgehead atoms. The second-order valence-electron chi connectivity index (χ2n) is 7.41. The maximum absolute atomic E-state index is 6.15. The van der Waals surface area contributed by atoms with E-state index in [2.05, 4.69) is 94.7 Å². The van der Waals surface area contributed by atoms with Gasteiger partial charge in [-0.05, 0) is 45.8 Å². The number of nitrogens with zero attached hydrogens (tertiary/aromatic N) is 2. The van der Waals surface area contributed by atoms with E-state index in [1.165, 1.54) is 32.9 Å². The lowest BCUT2D eigenvalue weighted by Gasteiger charge is -2.30. The van der Waals surface area contributed by atoms with Crippen LogP contribution >= 0.6 is 23.2 Å². The third kappa shape index (κ3) is 4.83. The first-order chi connectivity index (χ1) is 14.8. The van der Waals surface area contributed by atoms with E-state index in [9.17, 15) is 0 Å².